The number of carbonyl (C=O) groups is 1. The van der Waals surface area contributed by atoms with E-state index in [1.165, 1.54) is 12.1 Å². The molecule has 0 aliphatic rings. The van der Waals surface area contributed by atoms with Crippen LogP contribution < -0.4 is 4.74 Å². The van der Waals surface area contributed by atoms with Gasteiger partial charge in [0.1, 0.15) is 12.0 Å². The molecule has 8 heteroatoms. The van der Waals surface area contributed by atoms with E-state index in [4.69, 9.17) is 9.84 Å². The number of para-hydroxylation sites is 1. The van der Waals surface area contributed by atoms with Gasteiger partial charge in [-0.1, -0.05) is 12.1 Å². The van der Waals surface area contributed by atoms with Crippen molar-refractivity contribution < 1.29 is 32.2 Å². The van der Waals surface area contributed by atoms with Crippen LogP contribution in [0.15, 0.2) is 34.9 Å². The molecule has 0 fully saturated rings. The first-order chi connectivity index (χ1) is 8.88. The third kappa shape index (κ3) is 2.84. The van der Waals surface area contributed by atoms with E-state index >= 15 is 0 Å². The van der Waals surface area contributed by atoms with Gasteiger partial charge in [-0.3, -0.25) is 0 Å². The number of rotatable bonds is 3. The van der Waals surface area contributed by atoms with Crippen molar-refractivity contribution in [1.82, 2.24) is 4.98 Å². The first-order valence-electron chi connectivity index (χ1n) is 4.91. The van der Waals surface area contributed by atoms with Crippen molar-refractivity contribution in [3.63, 3.8) is 0 Å². The smallest absolute Gasteiger partial charge is 0.419 e. The number of aromatic carboxylic acids is 1. The molecule has 0 aliphatic heterocycles. The Hall–Kier alpha value is -2.51. The van der Waals surface area contributed by atoms with Crippen molar-refractivity contribution in [2.24, 2.45) is 0 Å². The molecule has 0 radical (unpaired) electrons. The molecule has 0 spiro atoms. The average molecular weight is 273 g/mol. The molecule has 0 bridgehead atoms. The summed E-state index contributed by atoms with van der Waals surface area (Å²) in [4.78, 5) is 13.9. The predicted octanol–water partition coefficient (Wildman–Crippen LogP) is 3.18. The lowest BCUT2D eigenvalue weighted by Crippen LogP contribution is -2.06. The van der Waals surface area contributed by atoms with E-state index in [9.17, 15) is 18.0 Å². The fourth-order valence-electron chi connectivity index (χ4n) is 1.29. The summed E-state index contributed by atoms with van der Waals surface area (Å²) in [7, 11) is 0. The minimum absolute atomic E-state index is 0.459. The van der Waals surface area contributed by atoms with Gasteiger partial charge in [-0.05, 0) is 12.1 Å². The van der Waals surface area contributed by atoms with Gasteiger partial charge in [0, 0.05) is 0 Å². The molecule has 1 heterocycles. The van der Waals surface area contributed by atoms with Crippen molar-refractivity contribution in [2.45, 2.75) is 6.18 Å². The zero-order valence-corrected chi connectivity index (χ0v) is 9.14. The maximum atomic E-state index is 12.7. The number of aromatic nitrogens is 1. The number of halogens is 3. The number of oxazole rings is 1. The maximum Gasteiger partial charge on any atom is 0.419 e. The van der Waals surface area contributed by atoms with Gasteiger partial charge >= 0.3 is 18.2 Å². The SMILES string of the molecule is O=C(O)c1coc(Oc2ccccc2C(F)(F)F)n1. The van der Waals surface area contributed by atoms with Crippen LogP contribution in [0.1, 0.15) is 16.1 Å². The summed E-state index contributed by atoms with van der Waals surface area (Å²) in [6, 6.07) is 4.45. The van der Waals surface area contributed by atoms with E-state index in [1.807, 2.05) is 0 Å². The minimum atomic E-state index is -4.60. The molecule has 0 saturated heterocycles. The first-order valence-corrected chi connectivity index (χ1v) is 4.91. The molecule has 1 aromatic heterocycles. The Labute approximate surface area is 104 Å². The van der Waals surface area contributed by atoms with Crippen molar-refractivity contribution in [3.8, 4) is 11.8 Å². The van der Waals surface area contributed by atoms with E-state index in [1.54, 1.807) is 0 Å². The fourth-order valence-corrected chi connectivity index (χ4v) is 1.29. The Kier molecular flexibility index (Phi) is 3.16. The molecule has 1 N–H and O–H groups in total. The molecule has 0 unspecified atom stereocenters. The number of hydrogen-bond acceptors (Lipinski definition) is 4. The van der Waals surface area contributed by atoms with Crippen LogP contribution >= 0.6 is 0 Å². The van der Waals surface area contributed by atoms with Crippen molar-refractivity contribution >= 4 is 5.97 Å². The van der Waals surface area contributed by atoms with Crippen molar-refractivity contribution in [3.05, 3.63) is 41.8 Å². The maximum absolute atomic E-state index is 12.7. The fraction of sp³-hybridized carbons (Fsp3) is 0.0909. The number of alkyl halides is 3. The number of ether oxygens (including phenoxy) is 1. The third-order valence-electron chi connectivity index (χ3n) is 2.09. The van der Waals surface area contributed by atoms with E-state index in [2.05, 4.69) is 9.40 Å². The Bertz CT molecular complexity index is 606. The highest BCUT2D eigenvalue weighted by Crippen LogP contribution is 2.37. The highest BCUT2D eigenvalue weighted by molar-refractivity contribution is 5.84. The van der Waals surface area contributed by atoms with Crippen LogP contribution in [0.5, 0.6) is 11.8 Å². The Morgan fingerprint density at radius 3 is 2.58 bits per heavy atom. The van der Waals surface area contributed by atoms with Crippen LogP contribution in [-0.4, -0.2) is 16.1 Å². The van der Waals surface area contributed by atoms with Crippen LogP contribution in [0, 0.1) is 0 Å². The number of carboxylic acid groups (broad SMARTS) is 1. The quantitative estimate of drug-likeness (QED) is 0.929. The summed E-state index contributed by atoms with van der Waals surface area (Å²) in [6.45, 7) is 0. The molecule has 1 aromatic carbocycles. The lowest BCUT2D eigenvalue weighted by molar-refractivity contribution is -0.138. The normalized spacial score (nSPS) is 11.3. The molecule has 2 rings (SSSR count). The second kappa shape index (κ2) is 4.63. The van der Waals surface area contributed by atoms with E-state index in [0.29, 0.717) is 0 Å². The second-order valence-electron chi connectivity index (χ2n) is 3.40. The van der Waals surface area contributed by atoms with Gasteiger partial charge < -0.3 is 14.3 Å². The highest BCUT2D eigenvalue weighted by Gasteiger charge is 2.34. The summed E-state index contributed by atoms with van der Waals surface area (Å²) >= 11 is 0. The van der Waals surface area contributed by atoms with Crippen LogP contribution in [-0.2, 0) is 6.18 Å². The molecule has 0 saturated carbocycles. The van der Waals surface area contributed by atoms with Gasteiger partial charge in [0.05, 0.1) is 5.56 Å². The Balaban J connectivity index is 2.30. The van der Waals surface area contributed by atoms with Gasteiger partial charge in [0.25, 0.3) is 0 Å². The van der Waals surface area contributed by atoms with Crippen LogP contribution in [0.25, 0.3) is 0 Å². The van der Waals surface area contributed by atoms with Gasteiger partial charge in [-0.2, -0.15) is 18.2 Å². The molecule has 2 aromatic rings. The monoisotopic (exact) mass is 273 g/mol. The topological polar surface area (TPSA) is 72.6 Å². The predicted molar refractivity (Wildman–Crippen MR) is 55.0 cm³/mol. The molecule has 0 aliphatic carbocycles. The lowest BCUT2D eigenvalue weighted by Gasteiger charge is -2.10. The molecular weight excluding hydrogens is 267 g/mol. The summed E-state index contributed by atoms with van der Waals surface area (Å²) in [5.74, 6) is -1.89. The average Bonchev–Trinajstić information content (AvgIpc) is 2.77. The molecule has 19 heavy (non-hydrogen) atoms. The zero-order chi connectivity index (χ0) is 14.0. The van der Waals surface area contributed by atoms with Crippen molar-refractivity contribution in [2.75, 3.05) is 0 Å². The van der Waals surface area contributed by atoms with Gasteiger partial charge in [-0.25, -0.2) is 4.79 Å². The number of hydrogen-bond donors (Lipinski definition) is 1. The molecule has 0 amide bonds. The standard InChI is InChI=1S/C11H6F3NO4/c12-11(13,14)6-3-1-2-4-8(6)19-10-15-7(5-18-10)9(16)17/h1-5H,(H,16,17). The summed E-state index contributed by atoms with van der Waals surface area (Å²) in [5.41, 5.74) is -1.47. The zero-order valence-electron chi connectivity index (χ0n) is 9.14. The number of benzene rings is 1. The van der Waals surface area contributed by atoms with Gasteiger partial charge in [0.15, 0.2) is 5.69 Å². The summed E-state index contributed by atoms with van der Waals surface area (Å²) in [5, 5.41) is 8.59. The Morgan fingerprint density at radius 1 is 1.32 bits per heavy atom. The van der Waals surface area contributed by atoms with Crippen LogP contribution in [0.4, 0.5) is 13.2 Å². The molecule has 100 valence electrons. The van der Waals surface area contributed by atoms with E-state index in [-0.39, 0.29) is 0 Å². The number of carboxylic acids is 1. The third-order valence-corrected chi connectivity index (χ3v) is 2.09. The largest absolute Gasteiger partial charge is 0.476 e. The van der Waals surface area contributed by atoms with Crippen LogP contribution in [0.2, 0.25) is 0 Å². The molecule has 5 nitrogen and oxygen atoms in total. The summed E-state index contributed by atoms with van der Waals surface area (Å²) < 4.78 is 47.4. The molecular formula is C11H6F3NO4. The van der Waals surface area contributed by atoms with E-state index in [0.717, 1.165) is 18.4 Å². The first kappa shape index (κ1) is 12.9. The summed E-state index contributed by atoms with van der Waals surface area (Å²) in [6.07, 6.45) is -4.40. The van der Waals surface area contributed by atoms with Crippen LogP contribution in [0.3, 0.4) is 0 Å². The van der Waals surface area contributed by atoms with Gasteiger partial charge in [0.2, 0.25) is 0 Å². The lowest BCUT2D eigenvalue weighted by atomic mass is 10.2. The molecule has 0 atom stereocenters. The minimum Gasteiger partial charge on any atom is -0.476 e. The number of nitrogens with zero attached hydrogens (tertiary/aromatic N) is 1. The Morgan fingerprint density at radius 2 is 2.00 bits per heavy atom. The van der Waals surface area contributed by atoms with Gasteiger partial charge in [-0.15, -0.1) is 0 Å². The van der Waals surface area contributed by atoms with Crippen molar-refractivity contribution in [1.29, 1.82) is 0 Å². The second-order valence-corrected chi connectivity index (χ2v) is 3.40. The van der Waals surface area contributed by atoms with E-state index < -0.39 is 35.2 Å². The highest BCUT2D eigenvalue weighted by atomic mass is 19.4.